The largest absolute Gasteiger partial charge is 0.369 e. The monoisotopic (exact) mass is 383 g/mol. The number of anilines is 1. The number of guanidine groups is 2. The van der Waals surface area contributed by atoms with Gasteiger partial charge in [0.05, 0.1) is 0 Å². The predicted octanol–water partition coefficient (Wildman–Crippen LogP) is 3.19. The molecule has 0 unspecified atom stereocenters. The Bertz CT molecular complexity index is 919. The summed E-state index contributed by atoms with van der Waals surface area (Å²) < 4.78 is 0. The molecule has 0 saturated heterocycles. The number of carbonyl (C=O) groups is 1. The molecule has 2 aromatic rings. The van der Waals surface area contributed by atoms with Crippen LogP contribution in [0, 0.1) is 0 Å². The van der Waals surface area contributed by atoms with E-state index >= 15 is 0 Å². The number of hydrogen-bond donors (Lipinski definition) is 2. The van der Waals surface area contributed by atoms with Crippen LogP contribution in [0.4, 0.5) is 5.69 Å². The van der Waals surface area contributed by atoms with Gasteiger partial charge in [0, 0.05) is 11.3 Å². The highest BCUT2D eigenvalue weighted by Gasteiger charge is 2.33. The maximum Gasteiger partial charge on any atom is 0.220 e. The number of rotatable bonds is 4. The molecule has 0 spiro atoms. The van der Waals surface area contributed by atoms with Gasteiger partial charge in [0.1, 0.15) is 5.66 Å². The van der Waals surface area contributed by atoms with Crippen LogP contribution in [0.15, 0.2) is 70.7 Å². The van der Waals surface area contributed by atoms with E-state index in [1.807, 2.05) is 56.3 Å². The molecule has 0 atom stereocenters. The third kappa shape index (κ3) is 4.54. The second-order valence-electron chi connectivity index (χ2n) is 6.43. The van der Waals surface area contributed by atoms with E-state index in [0.717, 1.165) is 11.3 Å². The minimum absolute atomic E-state index is 0. The molecule has 6 nitrogen and oxygen atoms in total. The van der Waals surface area contributed by atoms with Gasteiger partial charge in [-0.3, -0.25) is 9.69 Å². The number of allylic oxidation sites excluding steroid dienone is 1. The van der Waals surface area contributed by atoms with Crippen molar-refractivity contribution in [1.29, 1.82) is 0 Å². The second kappa shape index (κ2) is 8.05. The van der Waals surface area contributed by atoms with Gasteiger partial charge in [-0.15, -0.1) is 12.4 Å². The Morgan fingerprint density at radius 1 is 1.07 bits per heavy atom. The summed E-state index contributed by atoms with van der Waals surface area (Å²) in [4.78, 5) is 22.6. The van der Waals surface area contributed by atoms with E-state index in [1.165, 1.54) is 0 Å². The van der Waals surface area contributed by atoms with Crippen LogP contribution in [0.5, 0.6) is 0 Å². The smallest absolute Gasteiger partial charge is 0.220 e. The summed E-state index contributed by atoms with van der Waals surface area (Å²) in [6, 6.07) is 16.9. The van der Waals surface area contributed by atoms with Gasteiger partial charge in [0.25, 0.3) is 0 Å². The predicted molar refractivity (Wildman–Crippen MR) is 113 cm³/mol. The van der Waals surface area contributed by atoms with Crippen LogP contribution in [-0.4, -0.2) is 23.4 Å². The fourth-order valence-corrected chi connectivity index (χ4v) is 2.88. The first-order chi connectivity index (χ1) is 12.4. The summed E-state index contributed by atoms with van der Waals surface area (Å²) in [5.41, 5.74) is 13.3. The van der Waals surface area contributed by atoms with Crippen molar-refractivity contribution in [3.63, 3.8) is 0 Å². The highest BCUT2D eigenvalue weighted by atomic mass is 35.5. The van der Waals surface area contributed by atoms with Crippen LogP contribution < -0.4 is 16.4 Å². The van der Waals surface area contributed by atoms with Crippen molar-refractivity contribution in [2.45, 2.75) is 19.5 Å². The molecule has 0 fully saturated rings. The average Bonchev–Trinajstić information content (AvgIpc) is 2.59. The number of aliphatic imine (C=N–C) groups is 2. The zero-order chi connectivity index (χ0) is 18.7. The van der Waals surface area contributed by atoms with Gasteiger partial charge in [-0.05, 0) is 37.6 Å². The van der Waals surface area contributed by atoms with Crippen molar-refractivity contribution in [1.82, 2.24) is 0 Å². The fraction of sp³-hybridized carbons (Fsp3) is 0.150. The Labute approximate surface area is 164 Å². The van der Waals surface area contributed by atoms with E-state index in [2.05, 4.69) is 9.98 Å². The van der Waals surface area contributed by atoms with Gasteiger partial charge in [-0.1, -0.05) is 48.5 Å². The molecule has 0 saturated carbocycles. The third-order valence-electron chi connectivity index (χ3n) is 4.01. The molecule has 27 heavy (non-hydrogen) atoms. The summed E-state index contributed by atoms with van der Waals surface area (Å²) in [6.45, 7) is 3.76. The lowest BCUT2D eigenvalue weighted by atomic mass is 10.1. The molecule has 0 amide bonds. The maximum atomic E-state index is 12.5. The number of ketones is 1. The lowest BCUT2D eigenvalue weighted by molar-refractivity contribution is 0.104. The van der Waals surface area contributed by atoms with Gasteiger partial charge >= 0.3 is 0 Å². The first-order valence-corrected chi connectivity index (χ1v) is 8.24. The zero-order valence-electron chi connectivity index (χ0n) is 15.2. The van der Waals surface area contributed by atoms with Crippen LogP contribution in [0.25, 0.3) is 6.08 Å². The lowest BCUT2D eigenvalue weighted by Crippen LogP contribution is -2.54. The molecule has 140 valence electrons. The third-order valence-corrected chi connectivity index (χ3v) is 4.01. The quantitative estimate of drug-likeness (QED) is 0.625. The van der Waals surface area contributed by atoms with Crippen LogP contribution in [0.2, 0.25) is 0 Å². The van der Waals surface area contributed by atoms with Crippen LogP contribution in [0.1, 0.15) is 29.8 Å². The number of halogens is 1. The highest BCUT2D eigenvalue weighted by Crippen LogP contribution is 2.28. The summed E-state index contributed by atoms with van der Waals surface area (Å²) in [5.74, 6) is 0.290. The Hall–Kier alpha value is -3.12. The van der Waals surface area contributed by atoms with Crippen molar-refractivity contribution in [3.05, 3.63) is 71.8 Å². The van der Waals surface area contributed by atoms with Crippen LogP contribution in [-0.2, 0) is 0 Å². The van der Waals surface area contributed by atoms with E-state index in [-0.39, 0.29) is 30.1 Å². The number of hydrogen-bond acceptors (Lipinski definition) is 6. The van der Waals surface area contributed by atoms with E-state index < -0.39 is 5.66 Å². The average molecular weight is 384 g/mol. The molecule has 0 aliphatic carbocycles. The highest BCUT2D eigenvalue weighted by molar-refractivity contribution is 6.09. The van der Waals surface area contributed by atoms with Crippen molar-refractivity contribution in [2.24, 2.45) is 21.5 Å². The minimum Gasteiger partial charge on any atom is -0.369 e. The lowest BCUT2D eigenvalue weighted by Gasteiger charge is -2.38. The van der Waals surface area contributed by atoms with E-state index in [0.29, 0.717) is 5.56 Å². The van der Waals surface area contributed by atoms with Crippen molar-refractivity contribution in [2.75, 3.05) is 4.90 Å². The molecule has 7 heteroatoms. The maximum absolute atomic E-state index is 12.5. The van der Waals surface area contributed by atoms with E-state index in [1.54, 1.807) is 29.2 Å². The van der Waals surface area contributed by atoms with Crippen LogP contribution in [0.3, 0.4) is 0 Å². The normalized spacial score (nSPS) is 15.7. The first kappa shape index (κ1) is 20.2. The standard InChI is InChI=1S/C20H21N5O.ClH/c1-20(2)24-18(21)23-19(22)25(20)16-10-6-9-15(13-16)17(26)12-11-14-7-4-3-5-8-14;/h3-13H,1-2H3,(H4,21,22,23,24);1H/b12-11+;. The van der Waals surface area contributed by atoms with Crippen LogP contribution >= 0.6 is 12.4 Å². The molecular weight excluding hydrogens is 362 g/mol. The number of nitrogens with two attached hydrogens (primary N) is 2. The Morgan fingerprint density at radius 3 is 2.44 bits per heavy atom. The minimum atomic E-state index is -0.697. The van der Waals surface area contributed by atoms with E-state index in [4.69, 9.17) is 11.5 Å². The number of benzene rings is 2. The SMILES string of the molecule is CC1(C)N=C(N)N=C(N)N1c1cccc(C(=O)/C=C/c2ccccc2)c1.Cl. The number of carbonyl (C=O) groups excluding carboxylic acids is 1. The molecule has 1 aliphatic rings. The molecule has 0 radical (unpaired) electrons. The molecule has 3 rings (SSSR count). The summed E-state index contributed by atoms with van der Waals surface area (Å²) in [7, 11) is 0. The van der Waals surface area contributed by atoms with E-state index in [9.17, 15) is 4.79 Å². The van der Waals surface area contributed by atoms with Gasteiger partial charge in [-0.25, -0.2) is 4.99 Å². The summed E-state index contributed by atoms with van der Waals surface area (Å²) in [6.07, 6.45) is 3.35. The topological polar surface area (TPSA) is 97.1 Å². The summed E-state index contributed by atoms with van der Waals surface area (Å²) in [5, 5.41) is 0. The molecule has 4 N–H and O–H groups in total. The van der Waals surface area contributed by atoms with Gasteiger partial charge in [0.15, 0.2) is 5.78 Å². The zero-order valence-corrected chi connectivity index (χ0v) is 16.0. The first-order valence-electron chi connectivity index (χ1n) is 8.24. The Kier molecular flexibility index (Phi) is 6.02. The van der Waals surface area contributed by atoms with Gasteiger partial charge < -0.3 is 11.5 Å². The molecule has 1 heterocycles. The van der Waals surface area contributed by atoms with Crippen molar-refractivity contribution >= 4 is 41.9 Å². The molecule has 1 aliphatic heterocycles. The van der Waals surface area contributed by atoms with Crippen molar-refractivity contribution < 1.29 is 4.79 Å². The Balaban J connectivity index is 0.00000261. The fourth-order valence-electron chi connectivity index (χ4n) is 2.88. The molecule has 0 bridgehead atoms. The summed E-state index contributed by atoms with van der Waals surface area (Å²) >= 11 is 0. The molecule has 2 aromatic carbocycles. The van der Waals surface area contributed by atoms with Gasteiger partial charge in [-0.2, -0.15) is 4.99 Å². The van der Waals surface area contributed by atoms with Gasteiger partial charge in [0.2, 0.25) is 11.9 Å². The second-order valence-corrected chi connectivity index (χ2v) is 6.43. The molecular formula is C20H22ClN5O. The van der Waals surface area contributed by atoms with Crippen molar-refractivity contribution in [3.8, 4) is 0 Å². The Morgan fingerprint density at radius 2 is 1.78 bits per heavy atom. The number of nitrogens with zero attached hydrogens (tertiary/aromatic N) is 3. The molecule has 0 aromatic heterocycles.